The van der Waals surface area contributed by atoms with Crippen molar-refractivity contribution in [2.75, 3.05) is 20.3 Å². The molecule has 6 nitrogen and oxygen atoms in total. The molecular formula is C20H24N2O4. The van der Waals surface area contributed by atoms with E-state index < -0.39 is 0 Å². The number of aromatic nitrogens is 1. The molecule has 2 aromatic rings. The van der Waals surface area contributed by atoms with Crippen LogP contribution in [0.15, 0.2) is 48.7 Å². The Bertz CT molecular complexity index is 702. The predicted molar refractivity (Wildman–Crippen MR) is 97.6 cm³/mol. The summed E-state index contributed by atoms with van der Waals surface area (Å²) in [5, 5.41) is 0. The number of hydrogen-bond donors (Lipinski definition) is 0. The number of carbonyl (C=O) groups is 2. The van der Waals surface area contributed by atoms with Crippen LogP contribution in [0.1, 0.15) is 24.6 Å². The van der Waals surface area contributed by atoms with Gasteiger partial charge in [0.15, 0.2) is 0 Å². The smallest absolute Gasteiger partial charge is 0.307 e. The van der Waals surface area contributed by atoms with Gasteiger partial charge in [0.1, 0.15) is 5.75 Å². The van der Waals surface area contributed by atoms with Crippen LogP contribution in [0.3, 0.4) is 0 Å². The lowest BCUT2D eigenvalue weighted by Crippen LogP contribution is -2.34. The summed E-state index contributed by atoms with van der Waals surface area (Å²) in [6, 6.07) is 13.0. The molecule has 2 rings (SSSR count). The molecule has 0 aliphatic rings. The second-order valence-electron chi connectivity index (χ2n) is 5.72. The van der Waals surface area contributed by atoms with Crippen molar-refractivity contribution in [3.05, 3.63) is 59.9 Å². The van der Waals surface area contributed by atoms with Gasteiger partial charge in [-0.25, -0.2) is 0 Å². The van der Waals surface area contributed by atoms with E-state index in [4.69, 9.17) is 4.74 Å². The first-order chi connectivity index (χ1) is 12.6. The molecule has 0 N–H and O–H groups in total. The Morgan fingerprint density at radius 1 is 1.12 bits per heavy atom. The highest BCUT2D eigenvalue weighted by molar-refractivity contribution is 5.79. The molecule has 0 bridgehead atoms. The summed E-state index contributed by atoms with van der Waals surface area (Å²) in [5.74, 6) is 0.369. The van der Waals surface area contributed by atoms with Crippen molar-refractivity contribution in [3.63, 3.8) is 0 Å². The van der Waals surface area contributed by atoms with Crippen molar-refractivity contribution in [1.82, 2.24) is 9.88 Å². The van der Waals surface area contributed by atoms with E-state index in [-0.39, 0.29) is 24.7 Å². The molecule has 0 fully saturated rings. The molecule has 1 aromatic carbocycles. The van der Waals surface area contributed by atoms with Crippen LogP contribution < -0.4 is 4.74 Å². The van der Waals surface area contributed by atoms with E-state index in [0.717, 1.165) is 17.0 Å². The lowest BCUT2D eigenvalue weighted by Gasteiger charge is -2.22. The molecule has 0 saturated carbocycles. The number of methoxy groups -OCH3 is 1. The quantitative estimate of drug-likeness (QED) is 0.646. The van der Waals surface area contributed by atoms with Crippen LogP contribution in [0.2, 0.25) is 0 Å². The molecule has 1 amide bonds. The van der Waals surface area contributed by atoms with Crippen LogP contribution >= 0.6 is 0 Å². The third-order valence-electron chi connectivity index (χ3n) is 3.83. The minimum atomic E-state index is -0.343. The Kier molecular flexibility index (Phi) is 7.61. The molecule has 0 aliphatic heterocycles. The van der Waals surface area contributed by atoms with Crippen molar-refractivity contribution < 1.29 is 19.1 Å². The minimum absolute atomic E-state index is 0.0660. The Balaban J connectivity index is 2.04. The molecule has 6 heteroatoms. The molecule has 0 unspecified atom stereocenters. The van der Waals surface area contributed by atoms with Crippen LogP contribution in [-0.2, 0) is 27.3 Å². The van der Waals surface area contributed by atoms with Gasteiger partial charge in [0.05, 0.1) is 38.8 Å². The summed E-state index contributed by atoms with van der Waals surface area (Å²) in [6.07, 6.45) is 2.09. The zero-order valence-electron chi connectivity index (χ0n) is 15.2. The van der Waals surface area contributed by atoms with Crippen LogP contribution in [0, 0.1) is 0 Å². The summed E-state index contributed by atoms with van der Waals surface area (Å²) < 4.78 is 10.1. The van der Waals surface area contributed by atoms with Gasteiger partial charge in [-0.3, -0.25) is 14.6 Å². The molecule has 0 spiro atoms. The number of carbonyl (C=O) groups excluding carboxylic acids is 2. The van der Waals surface area contributed by atoms with Crippen LogP contribution in [-0.4, -0.2) is 42.0 Å². The fraction of sp³-hybridized carbons (Fsp3) is 0.350. The monoisotopic (exact) mass is 356 g/mol. The lowest BCUT2D eigenvalue weighted by atomic mass is 10.1. The molecule has 1 heterocycles. The van der Waals surface area contributed by atoms with Gasteiger partial charge in [-0.1, -0.05) is 18.2 Å². The zero-order valence-corrected chi connectivity index (χ0v) is 15.2. The van der Waals surface area contributed by atoms with E-state index in [1.165, 1.54) is 7.11 Å². The number of pyridine rings is 1. The lowest BCUT2D eigenvalue weighted by molar-refractivity contribution is -0.141. The Morgan fingerprint density at radius 3 is 2.50 bits per heavy atom. The minimum Gasteiger partial charge on any atom is -0.494 e. The SMILES string of the molecule is CCOc1ccc(CC(=O)N(CCC(=O)OC)Cc2ccccn2)cc1. The van der Waals surface area contributed by atoms with Gasteiger partial charge in [-0.2, -0.15) is 0 Å². The number of amides is 1. The van der Waals surface area contributed by atoms with Crippen molar-refractivity contribution >= 4 is 11.9 Å². The number of esters is 1. The van der Waals surface area contributed by atoms with Crippen molar-refractivity contribution in [2.45, 2.75) is 26.3 Å². The first-order valence-electron chi connectivity index (χ1n) is 8.58. The van der Waals surface area contributed by atoms with E-state index in [9.17, 15) is 9.59 Å². The fourth-order valence-corrected chi connectivity index (χ4v) is 2.46. The second-order valence-corrected chi connectivity index (χ2v) is 5.72. The third kappa shape index (κ3) is 6.20. The van der Waals surface area contributed by atoms with E-state index >= 15 is 0 Å². The first-order valence-corrected chi connectivity index (χ1v) is 8.58. The number of rotatable bonds is 9. The number of ether oxygens (including phenoxy) is 2. The summed E-state index contributed by atoms with van der Waals surface area (Å²) in [7, 11) is 1.34. The Labute approximate surface area is 153 Å². The predicted octanol–water partition coefficient (Wildman–Crippen LogP) is 2.61. The van der Waals surface area contributed by atoms with Gasteiger partial charge in [0.25, 0.3) is 0 Å². The number of nitrogens with zero attached hydrogens (tertiary/aromatic N) is 2. The van der Waals surface area contributed by atoms with E-state index in [1.807, 2.05) is 49.4 Å². The summed E-state index contributed by atoms with van der Waals surface area (Å²) in [4.78, 5) is 30.1. The third-order valence-corrected chi connectivity index (χ3v) is 3.83. The van der Waals surface area contributed by atoms with E-state index in [0.29, 0.717) is 19.7 Å². The number of benzene rings is 1. The van der Waals surface area contributed by atoms with Gasteiger partial charge in [0.2, 0.25) is 5.91 Å². The molecule has 0 atom stereocenters. The topological polar surface area (TPSA) is 68.7 Å². The standard InChI is InChI=1S/C20H24N2O4/c1-3-26-18-9-7-16(8-10-18)14-19(23)22(13-11-20(24)25-2)15-17-6-4-5-12-21-17/h4-10,12H,3,11,13-15H2,1-2H3. The molecular weight excluding hydrogens is 332 g/mol. The summed E-state index contributed by atoms with van der Waals surface area (Å²) in [6.45, 7) is 3.17. The first kappa shape index (κ1) is 19.4. The molecule has 0 saturated heterocycles. The van der Waals surface area contributed by atoms with Gasteiger partial charge >= 0.3 is 5.97 Å². The maximum absolute atomic E-state index is 12.7. The highest BCUT2D eigenvalue weighted by Crippen LogP contribution is 2.14. The van der Waals surface area contributed by atoms with Gasteiger partial charge < -0.3 is 14.4 Å². The molecule has 1 aromatic heterocycles. The molecule has 0 aliphatic carbocycles. The Hall–Kier alpha value is -2.89. The number of hydrogen-bond acceptors (Lipinski definition) is 5. The normalized spacial score (nSPS) is 10.2. The molecule has 26 heavy (non-hydrogen) atoms. The molecule has 0 radical (unpaired) electrons. The van der Waals surface area contributed by atoms with Gasteiger partial charge in [-0.15, -0.1) is 0 Å². The summed E-state index contributed by atoms with van der Waals surface area (Å²) >= 11 is 0. The van der Waals surface area contributed by atoms with Crippen LogP contribution in [0.5, 0.6) is 5.75 Å². The highest BCUT2D eigenvalue weighted by atomic mass is 16.5. The highest BCUT2D eigenvalue weighted by Gasteiger charge is 2.17. The van der Waals surface area contributed by atoms with Crippen molar-refractivity contribution in [2.24, 2.45) is 0 Å². The second kappa shape index (κ2) is 10.2. The van der Waals surface area contributed by atoms with Crippen molar-refractivity contribution in [1.29, 1.82) is 0 Å². The fourth-order valence-electron chi connectivity index (χ4n) is 2.46. The van der Waals surface area contributed by atoms with E-state index in [1.54, 1.807) is 11.1 Å². The van der Waals surface area contributed by atoms with E-state index in [2.05, 4.69) is 9.72 Å². The van der Waals surface area contributed by atoms with Gasteiger partial charge in [0, 0.05) is 12.7 Å². The molecule has 138 valence electrons. The largest absolute Gasteiger partial charge is 0.494 e. The van der Waals surface area contributed by atoms with Gasteiger partial charge in [-0.05, 0) is 36.8 Å². The van der Waals surface area contributed by atoms with Crippen LogP contribution in [0.4, 0.5) is 0 Å². The average molecular weight is 356 g/mol. The van der Waals surface area contributed by atoms with Crippen molar-refractivity contribution in [3.8, 4) is 5.75 Å². The van der Waals surface area contributed by atoms with Crippen LogP contribution in [0.25, 0.3) is 0 Å². The maximum Gasteiger partial charge on any atom is 0.307 e. The average Bonchev–Trinajstić information content (AvgIpc) is 2.67. The summed E-state index contributed by atoms with van der Waals surface area (Å²) in [5.41, 5.74) is 1.67. The maximum atomic E-state index is 12.7. The zero-order chi connectivity index (χ0) is 18.8. The Morgan fingerprint density at radius 2 is 1.88 bits per heavy atom.